The lowest BCUT2D eigenvalue weighted by Gasteiger charge is -2.26. The SMILES string of the molecule is CC(C)[C@H](NC(=O)[C@@H](NC(=O)COc1cc(Cl)cc(Cl)c1)c1ccccc1)C(=O)C(F)(F)F. The molecule has 0 saturated heterocycles. The highest BCUT2D eigenvalue weighted by Crippen LogP contribution is 2.25. The van der Waals surface area contributed by atoms with Crippen molar-refractivity contribution in [3.63, 3.8) is 0 Å². The number of rotatable bonds is 9. The highest BCUT2D eigenvalue weighted by Gasteiger charge is 2.45. The molecule has 178 valence electrons. The van der Waals surface area contributed by atoms with E-state index in [4.69, 9.17) is 27.9 Å². The van der Waals surface area contributed by atoms with Crippen molar-refractivity contribution in [3.05, 3.63) is 64.1 Å². The molecule has 0 aliphatic heterocycles. The minimum Gasteiger partial charge on any atom is -0.484 e. The van der Waals surface area contributed by atoms with Gasteiger partial charge in [-0.15, -0.1) is 0 Å². The number of ether oxygens (including phenoxy) is 1. The number of alkyl halides is 3. The first kappa shape index (κ1) is 26.5. The van der Waals surface area contributed by atoms with E-state index in [1.165, 1.54) is 44.2 Å². The Labute approximate surface area is 198 Å². The predicted octanol–water partition coefficient (Wildman–Crippen LogP) is 4.50. The first-order chi connectivity index (χ1) is 15.4. The molecular weight excluding hydrogens is 484 g/mol. The Bertz CT molecular complexity index is 981. The molecule has 11 heteroatoms. The van der Waals surface area contributed by atoms with Crippen molar-refractivity contribution in [2.24, 2.45) is 5.92 Å². The molecule has 0 radical (unpaired) electrons. The third-order valence-electron chi connectivity index (χ3n) is 4.43. The van der Waals surface area contributed by atoms with Crippen LogP contribution >= 0.6 is 23.2 Å². The monoisotopic (exact) mass is 504 g/mol. The van der Waals surface area contributed by atoms with E-state index in [2.05, 4.69) is 10.6 Å². The van der Waals surface area contributed by atoms with Gasteiger partial charge in [0.05, 0.1) is 6.04 Å². The summed E-state index contributed by atoms with van der Waals surface area (Å²) in [6, 6.07) is 9.01. The molecule has 2 N–H and O–H groups in total. The zero-order valence-electron chi connectivity index (χ0n) is 17.6. The normalized spacial score (nSPS) is 13.2. The number of hydrogen-bond donors (Lipinski definition) is 2. The molecule has 2 aromatic rings. The molecule has 0 unspecified atom stereocenters. The summed E-state index contributed by atoms with van der Waals surface area (Å²) in [5.41, 5.74) is 0.302. The van der Waals surface area contributed by atoms with Crippen molar-refractivity contribution in [2.75, 3.05) is 6.61 Å². The first-order valence-electron chi connectivity index (χ1n) is 9.73. The second-order valence-electron chi connectivity index (χ2n) is 7.40. The number of Topliss-reactive ketones (excluding diaryl/α,β-unsaturated/α-hetero) is 1. The van der Waals surface area contributed by atoms with Gasteiger partial charge in [-0.05, 0) is 29.7 Å². The summed E-state index contributed by atoms with van der Waals surface area (Å²) in [4.78, 5) is 37.1. The van der Waals surface area contributed by atoms with E-state index in [-0.39, 0.29) is 15.8 Å². The lowest BCUT2D eigenvalue weighted by molar-refractivity contribution is -0.175. The van der Waals surface area contributed by atoms with Gasteiger partial charge in [0.2, 0.25) is 5.91 Å². The Morgan fingerprint density at radius 1 is 0.970 bits per heavy atom. The van der Waals surface area contributed by atoms with E-state index >= 15 is 0 Å². The Kier molecular flexibility index (Phi) is 9.13. The molecule has 2 rings (SSSR count). The van der Waals surface area contributed by atoms with Crippen molar-refractivity contribution in [2.45, 2.75) is 32.1 Å². The van der Waals surface area contributed by atoms with Gasteiger partial charge in [0.15, 0.2) is 6.61 Å². The highest BCUT2D eigenvalue weighted by molar-refractivity contribution is 6.34. The molecule has 0 fully saturated rings. The molecule has 33 heavy (non-hydrogen) atoms. The molecule has 0 heterocycles. The number of carbonyl (C=O) groups excluding carboxylic acids is 3. The van der Waals surface area contributed by atoms with Crippen molar-refractivity contribution in [3.8, 4) is 5.75 Å². The van der Waals surface area contributed by atoms with E-state index in [1.807, 2.05) is 0 Å². The van der Waals surface area contributed by atoms with Crippen LogP contribution in [-0.4, -0.2) is 36.4 Å². The van der Waals surface area contributed by atoms with Gasteiger partial charge in [0.1, 0.15) is 11.8 Å². The summed E-state index contributed by atoms with van der Waals surface area (Å²) >= 11 is 11.8. The zero-order valence-corrected chi connectivity index (χ0v) is 19.1. The number of carbonyl (C=O) groups is 3. The summed E-state index contributed by atoms with van der Waals surface area (Å²) in [7, 11) is 0. The maximum atomic E-state index is 13.0. The van der Waals surface area contributed by atoms with Crippen LogP contribution in [0.1, 0.15) is 25.5 Å². The van der Waals surface area contributed by atoms with Crippen LogP contribution in [0.25, 0.3) is 0 Å². The van der Waals surface area contributed by atoms with Crippen LogP contribution in [0.2, 0.25) is 10.0 Å². The molecule has 0 spiro atoms. The van der Waals surface area contributed by atoms with E-state index < -0.39 is 48.4 Å². The second-order valence-corrected chi connectivity index (χ2v) is 8.27. The minimum atomic E-state index is -5.13. The lowest BCUT2D eigenvalue weighted by atomic mass is 9.98. The number of nitrogens with one attached hydrogen (secondary N) is 2. The van der Waals surface area contributed by atoms with Gasteiger partial charge in [0, 0.05) is 10.0 Å². The highest BCUT2D eigenvalue weighted by atomic mass is 35.5. The smallest absolute Gasteiger partial charge is 0.452 e. The average Bonchev–Trinajstić information content (AvgIpc) is 2.72. The summed E-state index contributed by atoms with van der Waals surface area (Å²) in [6.45, 7) is 2.21. The minimum absolute atomic E-state index is 0.207. The van der Waals surface area contributed by atoms with Crippen LogP contribution in [0.4, 0.5) is 13.2 Å². The molecule has 0 aliphatic rings. The fraction of sp³-hybridized carbons (Fsp3) is 0.318. The molecule has 6 nitrogen and oxygen atoms in total. The fourth-order valence-electron chi connectivity index (χ4n) is 2.86. The number of ketones is 1. The van der Waals surface area contributed by atoms with Crippen LogP contribution in [0, 0.1) is 5.92 Å². The van der Waals surface area contributed by atoms with Crippen LogP contribution in [-0.2, 0) is 14.4 Å². The van der Waals surface area contributed by atoms with E-state index in [1.54, 1.807) is 18.2 Å². The number of benzene rings is 2. The Morgan fingerprint density at radius 2 is 1.55 bits per heavy atom. The quantitative estimate of drug-likeness (QED) is 0.526. The fourth-order valence-corrected chi connectivity index (χ4v) is 3.36. The van der Waals surface area contributed by atoms with Gasteiger partial charge in [0.25, 0.3) is 11.7 Å². The molecular formula is C22H21Cl2F3N2O4. The Hall–Kier alpha value is -2.78. The lowest BCUT2D eigenvalue weighted by Crippen LogP contribution is -2.53. The Balaban J connectivity index is 2.18. The molecule has 0 saturated carbocycles. The van der Waals surface area contributed by atoms with Gasteiger partial charge < -0.3 is 15.4 Å². The van der Waals surface area contributed by atoms with Gasteiger partial charge >= 0.3 is 6.18 Å². The summed E-state index contributed by atoms with van der Waals surface area (Å²) in [6.07, 6.45) is -5.13. The van der Waals surface area contributed by atoms with Crippen molar-refractivity contribution < 1.29 is 32.3 Å². The maximum Gasteiger partial charge on any atom is 0.452 e. The van der Waals surface area contributed by atoms with Crippen LogP contribution in [0.15, 0.2) is 48.5 Å². The first-order valence-corrected chi connectivity index (χ1v) is 10.5. The number of halogens is 5. The summed E-state index contributed by atoms with van der Waals surface area (Å²) in [5, 5.41) is 5.11. The zero-order chi connectivity index (χ0) is 24.8. The van der Waals surface area contributed by atoms with Crippen molar-refractivity contribution in [1.29, 1.82) is 0 Å². The molecule has 2 atom stereocenters. The van der Waals surface area contributed by atoms with Crippen molar-refractivity contribution >= 4 is 40.8 Å². The Morgan fingerprint density at radius 3 is 2.06 bits per heavy atom. The third-order valence-corrected chi connectivity index (χ3v) is 4.87. The van der Waals surface area contributed by atoms with E-state index in [9.17, 15) is 27.6 Å². The average molecular weight is 505 g/mol. The topological polar surface area (TPSA) is 84.5 Å². The molecule has 0 aliphatic carbocycles. The van der Waals surface area contributed by atoms with Gasteiger partial charge in [-0.25, -0.2) is 0 Å². The van der Waals surface area contributed by atoms with Crippen LogP contribution in [0.5, 0.6) is 5.75 Å². The number of hydrogen-bond acceptors (Lipinski definition) is 4. The number of amides is 2. The summed E-state index contributed by atoms with van der Waals surface area (Å²) < 4.78 is 44.2. The van der Waals surface area contributed by atoms with Crippen molar-refractivity contribution in [1.82, 2.24) is 10.6 Å². The molecule has 0 aromatic heterocycles. The van der Waals surface area contributed by atoms with Crippen LogP contribution < -0.4 is 15.4 Å². The van der Waals surface area contributed by atoms with Gasteiger partial charge in [-0.1, -0.05) is 67.4 Å². The van der Waals surface area contributed by atoms with E-state index in [0.717, 1.165) is 0 Å². The molecule has 2 amide bonds. The molecule has 0 bridgehead atoms. The third kappa shape index (κ3) is 7.94. The second kappa shape index (κ2) is 11.4. The largest absolute Gasteiger partial charge is 0.484 e. The maximum absolute atomic E-state index is 13.0. The summed E-state index contributed by atoms with van der Waals surface area (Å²) in [5.74, 6) is -4.43. The van der Waals surface area contributed by atoms with Gasteiger partial charge in [-0.3, -0.25) is 14.4 Å². The van der Waals surface area contributed by atoms with Crippen LogP contribution in [0.3, 0.4) is 0 Å². The standard InChI is InChI=1S/C22H21Cl2F3N2O4/c1-12(2)18(20(31)22(25,26)27)29-21(32)19(13-6-4-3-5-7-13)28-17(30)11-33-16-9-14(23)8-15(24)10-16/h3-10,12,18-19H,11H2,1-2H3,(H,28,30)(H,29,32)/t18-,19-/m0/s1. The van der Waals surface area contributed by atoms with Gasteiger partial charge in [-0.2, -0.15) is 13.2 Å². The van der Waals surface area contributed by atoms with E-state index in [0.29, 0.717) is 5.56 Å². The predicted molar refractivity (Wildman–Crippen MR) is 117 cm³/mol. The molecule has 2 aromatic carbocycles.